The number of ketones is 1. The molecular weight excluding hydrogens is 188 g/mol. The lowest BCUT2D eigenvalue weighted by molar-refractivity contribution is -0.119. The van der Waals surface area contributed by atoms with Crippen molar-refractivity contribution in [3.63, 3.8) is 0 Å². The van der Waals surface area contributed by atoms with E-state index < -0.39 is 0 Å². The lowest BCUT2D eigenvalue weighted by Gasteiger charge is -2.20. The lowest BCUT2D eigenvalue weighted by Crippen LogP contribution is -2.34. The average molecular weight is 216 g/mol. The first-order valence-corrected chi connectivity index (χ1v) is 5.64. The second-order valence-electron chi connectivity index (χ2n) is 4.62. The number of Topliss-reactive ketones (excluding diaryl/α,β-unsaturated/α-hetero) is 1. The Hall–Kier alpha value is -0.410. The van der Waals surface area contributed by atoms with Crippen LogP contribution in [0, 0.1) is 0 Å². The van der Waals surface area contributed by atoms with Crippen molar-refractivity contribution in [2.24, 2.45) is 0 Å². The van der Waals surface area contributed by atoms with Gasteiger partial charge in [-0.3, -0.25) is 4.79 Å². The largest absolute Gasteiger partial charge is 0.315 e. The molecular formula is C12H28N2O. The van der Waals surface area contributed by atoms with Gasteiger partial charge in [-0.05, 0) is 41.4 Å². The Morgan fingerprint density at radius 1 is 1.27 bits per heavy atom. The van der Waals surface area contributed by atoms with Crippen LogP contribution >= 0.6 is 0 Å². The van der Waals surface area contributed by atoms with Crippen LogP contribution < -0.4 is 5.32 Å². The summed E-state index contributed by atoms with van der Waals surface area (Å²) in [6.45, 7) is 9.01. The molecule has 0 rings (SSSR count). The monoisotopic (exact) mass is 216 g/mol. The summed E-state index contributed by atoms with van der Waals surface area (Å²) >= 11 is 0. The summed E-state index contributed by atoms with van der Waals surface area (Å²) in [6.07, 6.45) is 1.83. The van der Waals surface area contributed by atoms with Gasteiger partial charge in [0.15, 0.2) is 0 Å². The fraction of sp³-hybridized carbons (Fsp3) is 0.917. The number of nitrogens with zero attached hydrogens (tertiary/aromatic N) is 1. The van der Waals surface area contributed by atoms with Gasteiger partial charge in [0.1, 0.15) is 5.78 Å². The summed E-state index contributed by atoms with van der Waals surface area (Å²) < 4.78 is 0. The normalized spacial score (nSPS) is 10.9. The number of nitrogens with one attached hydrogen (secondary N) is 1. The number of hydrogen-bond acceptors (Lipinski definition) is 3. The van der Waals surface area contributed by atoms with E-state index >= 15 is 0 Å². The number of likely N-dealkylation sites (N-methyl/N-ethyl adjacent to an activating group) is 1. The van der Waals surface area contributed by atoms with Crippen LogP contribution in [0.5, 0.6) is 0 Å². The highest BCUT2D eigenvalue weighted by atomic mass is 16.1. The number of hydrogen-bond donors (Lipinski definition) is 1. The average Bonchev–Trinajstić information content (AvgIpc) is 2.18. The topological polar surface area (TPSA) is 32.3 Å². The molecule has 0 aromatic rings. The van der Waals surface area contributed by atoms with Crippen molar-refractivity contribution in [3.05, 3.63) is 0 Å². The molecule has 0 aliphatic rings. The molecule has 0 aromatic carbocycles. The molecule has 0 unspecified atom stereocenters. The minimum absolute atomic E-state index is 0.301. The van der Waals surface area contributed by atoms with Crippen molar-refractivity contribution < 1.29 is 4.79 Å². The zero-order valence-corrected chi connectivity index (χ0v) is 11.5. The van der Waals surface area contributed by atoms with Crippen LogP contribution in [-0.4, -0.2) is 43.9 Å². The van der Waals surface area contributed by atoms with Gasteiger partial charge in [-0.15, -0.1) is 0 Å². The van der Waals surface area contributed by atoms with E-state index in [4.69, 9.17) is 0 Å². The summed E-state index contributed by atoms with van der Waals surface area (Å²) in [5, 5.41) is 3.19. The second-order valence-corrected chi connectivity index (χ2v) is 4.62. The van der Waals surface area contributed by atoms with Crippen LogP contribution in [0.25, 0.3) is 0 Å². The minimum atomic E-state index is 0.301. The fourth-order valence-electron chi connectivity index (χ4n) is 0.641. The zero-order chi connectivity index (χ0) is 12.5. The maximum Gasteiger partial charge on any atom is 0.146 e. The van der Waals surface area contributed by atoms with E-state index in [0.29, 0.717) is 24.3 Å². The highest BCUT2D eigenvalue weighted by molar-refractivity contribution is 5.79. The van der Waals surface area contributed by atoms with Crippen molar-refractivity contribution in [3.8, 4) is 0 Å². The molecule has 92 valence electrons. The SMILES string of the molecule is CCC(=O)CN(C)C.CCC(C)(C)NC. The van der Waals surface area contributed by atoms with E-state index in [1.165, 1.54) is 6.42 Å². The van der Waals surface area contributed by atoms with Gasteiger partial charge in [0.05, 0.1) is 6.54 Å². The van der Waals surface area contributed by atoms with Gasteiger partial charge in [0, 0.05) is 12.0 Å². The van der Waals surface area contributed by atoms with Crippen LogP contribution in [0.2, 0.25) is 0 Å². The van der Waals surface area contributed by atoms with Gasteiger partial charge in [-0.25, -0.2) is 0 Å². The van der Waals surface area contributed by atoms with Crippen LogP contribution in [0.4, 0.5) is 0 Å². The number of carbonyl (C=O) groups is 1. The van der Waals surface area contributed by atoms with Crippen molar-refractivity contribution in [1.29, 1.82) is 0 Å². The third-order valence-corrected chi connectivity index (χ3v) is 2.45. The van der Waals surface area contributed by atoms with Crippen LogP contribution in [-0.2, 0) is 4.79 Å². The quantitative estimate of drug-likeness (QED) is 0.762. The molecule has 0 aliphatic carbocycles. The summed E-state index contributed by atoms with van der Waals surface area (Å²) in [5.41, 5.74) is 0.333. The Bertz CT molecular complexity index is 159. The lowest BCUT2D eigenvalue weighted by atomic mass is 10.0. The molecule has 0 heterocycles. The first kappa shape index (κ1) is 17.0. The van der Waals surface area contributed by atoms with E-state index in [-0.39, 0.29) is 0 Å². The minimum Gasteiger partial charge on any atom is -0.315 e. The van der Waals surface area contributed by atoms with E-state index in [2.05, 4.69) is 26.1 Å². The molecule has 0 saturated heterocycles. The molecule has 0 bridgehead atoms. The first-order valence-electron chi connectivity index (χ1n) is 5.64. The highest BCUT2D eigenvalue weighted by Gasteiger charge is 2.08. The van der Waals surface area contributed by atoms with Crippen LogP contribution in [0.15, 0.2) is 0 Å². The Morgan fingerprint density at radius 3 is 1.80 bits per heavy atom. The van der Waals surface area contributed by atoms with Gasteiger partial charge in [0.25, 0.3) is 0 Å². The highest BCUT2D eigenvalue weighted by Crippen LogP contribution is 2.03. The van der Waals surface area contributed by atoms with E-state index in [1.54, 1.807) is 0 Å². The second kappa shape index (κ2) is 8.86. The molecule has 0 amide bonds. The van der Waals surface area contributed by atoms with Crippen molar-refractivity contribution in [1.82, 2.24) is 10.2 Å². The molecule has 0 atom stereocenters. The molecule has 0 radical (unpaired) electrons. The maximum atomic E-state index is 10.6. The Labute approximate surface area is 95.2 Å². The van der Waals surface area contributed by atoms with E-state index in [0.717, 1.165) is 0 Å². The molecule has 0 fully saturated rings. The van der Waals surface area contributed by atoms with Crippen molar-refractivity contribution >= 4 is 5.78 Å². The molecule has 3 heteroatoms. The molecule has 0 aromatic heterocycles. The van der Waals surface area contributed by atoms with Crippen molar-refractivity contribution in [2.75, 3.05) is 27.7 Å². The Morgan fingerprint density at radius 2 is 1.73 bits per heavy atom. The van der Waals surface area contributed by atoms with Crippen LogP contribution in [0.3, 0.4) is 0 Å². The van der Waals surface area contributed by atoms with Gasteiger partial charge < -0.3 is 10.2 Å². The predicted molar refractivity (Wildman–Crippen MR) is 67.3 cm³/mol. The Kier molecular flexibility index (Phi) is 10.0. The molecule has 0 spiro atoms. The fourth-order valence-corrected chi connectivity index (χ4v) is 0.641. The summed E-state index contributed by atoms with van der Waals surface area (Å²) in [5.74, 6) is 0.301. The third-order valence-electron chi connectivity index (χ3n) is 2.45. The third kappa shape index (κ3) is 13.6. The van der Waals surface area contributed by atoms with E-state index in [9.17, 15) is 4.79 Å². The van der Waals surface area contributed by atoms with Gasteiger partial charge in [-0.2, -0.15) is 0 Å². The Balaban J connectivity index is 0. The van der Waals surface area contributed by atoms with Crippen molar-refractivity contribution in [2.45, 2.75) is 46.1 Å². The molecule has 0 saturated carbocycles. The summed E-state index contributed by atoms with van der Waals surface area (Å²) in [6, 6.07) is 0. The summed E-state index contributed by atoms with van der Waals surface area (Å²) in [7, 11) is 5.78. The van der Waals surface area contributed by atoms with Crippen LogP contribution in [0.1, 0.15) is 40.5 Å². The predicted octanol–water partition coefficient (Wildman–Crippen LogP) is 1.92. The molecule has 15 heavy (non-hydrogen) atoms. The van der Waals surface area contributed by atoms with E-state index in [1.807, 2.05) is 33.0 Å². The van der Waals surface area contributed by atoms with Gasteiger partial charge in [-0.1, -0.05) is 13.8 Å². The summed E-state index contributed by atoms with van der Waals surface area (Å²) in [4.78, 5) is 12.5. The van der Waals surface area contributed by atoms with Gasteiger partial charge in [0.2, 0.25) is 0 Å². The molecule has 3 nitrogen and oxygen atoms in total. The molecule has 1 N–H and O–H groups in total. The smallest absolute Gasteiger partial charge is 0.146 e. The maximum absolute atomic E-state index is 10.6. The number of carbonyl (C=O) groups excluding carboxylic acids is 1. The van der Waals surface area contributed by atoms with Gasteiger partial charge >= 0.3 is 0 Å². The number of rotatable bonds is 5. The molecule has 0 aliphatic heterocycles. The zero-order valence-electron chi connectivity index (χ0n) is 11.5. The first-order chi connectivity index (χ1) is 6.79. The standard InChI is InChI=1S/C6H13NO.C6H15N/c1-4-6(8)5-7(2)3;1-5-6(2,3)7-4/h4-5H2,1-3H3;7H,5H2,1-4H3.